The van der Waals surface area contributed by atoms with Crippen molar-refractivity contribution in [2.75, 3.05) is 19.7 Å². The van der Waals surface area contributed by atoms with Crippen LogP contribution in [0.1, 0.15) is 18.4 Å². The molecule has 1 aromatic rings. The van der Waals surface area contributed by atoms with Crippen LogP contribution in [0, 0.1) is 18.7 Å². The summed E-state index contributed by atoms with van der Waals surface area (Å²) in [6.45, 7) is 4.62. The smallest absolute Gasteiger partial charge is 0.165 e. The summed E-state index contributed by atoms with van der Waals surface area (Å²) in [6, 6.07) is 4.97. The van der Waals surface area contributed by atoms with E-state index in [4.69, 9.17) is 4.74 Å². The maximum atomic E-state index is 13.4. The molecular weight excluding hydrogens is 205 g/mol. The Morgan fingerprint density at radius 3 is 3.12 bits per heavy atom. The zero-order valence-corrected chi connectivity index (χ0v) is 9.63. The van der Waals surface area contributed by atoms with Gasteiger partial charge < -0.3 is 10.1 Å². The SMILES string of the molecule is Cc1ccc(F)c(OCC2CCCNC2)c1. The number of benzene rings is 1. The topological polar surface area (TPSA) is 21.3 Å². The average molecular weight is 223 g/mol. The van der Waals surface area contributed by atoms with Crippen LogP contribution >= 0.6 is 0 Å². The van der Waals surface area contributed by atoms with Crippen LogP contribution in [0.4, 0.5) is 4.39 Å². The van der Waals surface area contributed by atoms with Crippen LogP contribution in [0.15, 0.2) is 18.2 Å². The lowest BCUT2D eigenvalue weighted by Gasteiger charge is -2.22. The molecule has 3 heteroatoms. The second kappa shape index (κ2) is 5.30. The minimum Gasteiger partial charge on any atom is -0.490 e. The van der Waals surface area contributed by atoms with Crippen LogP contribution in [0.3, 0.4) is 0 Å². The lowest BCUT2D eigenvalue weighted by Crippen LogP contribution is -2.33. The monoisotopic (exact) mass is 223 g/mol. The van der Waals surface area contributed by atoms with Gasteiger partial charge in [-0.1, -0.05) is 6.07 Å². The summed E-state index contributed by atoms with van der Waals surface area (Å²) in [5.41, 5.74) is 1.03. The van der Waals surface area contributed by atoms with Crippen molar-refractivity contribution in [2.24, 2.45) is 5.92 Å². The molecule has 2 rings (SSSR count). The van der Waals surface area contributed by atoms with Crippen molar-refractivity contribution in [2.45, 2.75) is 19.8 Å². The highest BCUT2D eigenvalue weighted by Crippen LogP contribution is 2.20. The molecule has 0 spiro atoms. The Balaban J connectivity index is 1.90. The van der Waals surface area contributed by atoms with Gasteiger partial charge in [0.1, 0.15) is 0 Å². The van der Waals surface area contributed by atoms with Crippen LogP contribution in [-0.4, -0.2) is 19.7 Å². The maximum Gasteiger partial charge on any atom is 0.165 e. The van der Waals surface area contributed by atoms with Crippen LogP contribution in [0.25, 0.3) is 0 Å². The number of nitrogens with one attached hydrogen (secondary N) is 1. The molecule has 1 fully saturated rings. The standard InChI is InChI=1S/C13H18FNO/c1-10-4-5-12(14)13(7-10)16-9-11-3-2-6-15-8-11/h4-5,7,11,15H,2-3,6,8-9H2,1H3. The summed E-state index contributed by atoms with van der Waals surface area (Å²) in [5, 5.41) is 3.32. The third kappa shape index (κ3) is 2.95. The fourth-order valence-corrected chi connectivity index (χ4v) is 2.00. The minimum atomic E-state index is -0.269. The highest BCUT2D eigenvalue weighted by molar-refractivity contribution is 5.29. The molecule has 0 amide bonds. The lowest BCUT2D eigenvalue weighted by atomic mass is 10.0. The van der Waals surface area contributed by atoms with Crippen LogP contribution in [0.5, 0.6) is 5.75 Å². The predicted octanol–water partition coefficient (Wildman–Crippen LogP) is 2.51. The van der Waals surface area contributed by atoms with Gasteiger partial charge in [0, 0.05) is 12.5 Å². The van der Waals surface area contributed by atoms with Gasteiger partial charge in [-0.05, 0) is 44.0 Å². The summed E-state index contributed by atoms with van der Waals surface area (Å²) in [6.07, 6.45) is 2.35. The Hall–Kier alpha value is -1.09. The van der Waals surface area contributed by atoms with Gasteiger partial charge >= 0.3 is 0 Å². The minimum absolute atomic E-state index is 0.269. The molecular formula is C13H18FNO. The first kappa shape index (κ1) is 11.4. The van der Waals surface area contributed by atoms with Crippen molar-refractivity contribution in [3.8, 4) is 5.75 Å². The van der Waals surface area contributed by atoms with Crippen molar-refractivity contribution in [1.29, 1.82) is 0 Å². The third-order valence-electron chi connectivity index (χ3n) is 2.96. The molecule has 0 bridgehead atoms. The molecule has 1 aliphatic heterocycles. The second-order valence-electron chi connectivity index (χ2n) is 4.46. The van der Waals surface area contributed by atoms with Crippen molar-refractivity contribution in [3.05, 3.63) is 29.6 Å². The van der Waals surface area contributed by atoms with E-state index < -0.39 is 0 Å². The van der Waals surface area contributed by atoms with Gasteiger partial charge in [0.15, 0.2) is 11.6 Å². The number of hydrogen-bond donors (Lipinski definition) is 1. The Labute approximate surface area is 95.8 Å². The molecule has 1 aliphatic rings. The molecule has 0 radical (unpaired) electrons. The molecule has 0 saturated carbocycles. The van der Waals surface area contributed by atoms with Gasteiger partial charge in [-0.25, -0.2) is 4.39 Å². The molecule has 1 heterocycles. The van der Waals surface area contributed by atoms with E-state index in [0.717, 1.165) is 18.7 Å². The zero-order chi connectivity index (χ0) is 11.4. The first-order chi connectivity index (χ1) is 7.75. The largest absolute Gasteiger partial charge is 0.490 e. The van der Waals surface area contributed by atoms with Crippen molar-refractivity contribution >= 4 is 0 Å². The molecule has 1 aromatic carbocycles. The third-order valence-corrected chi connectivity index (χ3v) is 2.96. The van der Waals surface area contributed by atoms with Crippen molar-refractivity contribution in [1.82, 2.24) is 5.32 Å². The number of hydrogen-bond acceptors (Lipinski definition) is 2. The van der Waals surface area contributed by atoms with Crippen molar-refractivity contribution < 1.29 is 9.13 Å². The number of halogens is 1. The normalized spacial score (nSPS) is 20.8. The molecule has 16 heavy (non-hydrogen) atoms. The van der Waals surface area contributed by atoms with E-state index in [1.54, 1.807) is 12.1 Å². The molecule has 88 valence electrons. The first-order valence-corrected chi connectivity index (χ1v) is 5.85. The number of piperidine rings is 1. The van der Waals surface area contributed by atoms with Gasteiger partial charge in [-0.2, -0.15) is 0 Å². The summed E-state index contributed by atoms with van der Waals surface area (Å²) in [7, 11) is 0. The van der Waals surface area contributed by atoms with E-state index in [0.29, 0.717) is 18.3 Å². The average Bonchev–Trinajstić information content (AvgIpc) is 2.32. The Kier molecular flexibility index (Phi) is 3.78. The molecule has 1 saturated heterocycles. The van der Waals surface area contributed by atoms with E-state index in [1.165, 1.54) is 18.9 Å². The van der Waals surface area contributed by atoms with E-state index >= 15 is 0 Å². The Morgan fingerprint density at radius 2 is 2.38 bits per heavy atom. The van der Waals surface area contributed by atoms with Gasteiger partial charge in [0.2, 0.25) is 0 Å². The van der Waals surface area contributed by atoms with Gasteiger partial charge in [-0.15, -0.1) is 0 Å². The molecule has 1 unspecified atom stereocenters. The van der Waals surface area contributed by atoms with E-state index in [2.05, 4.69) is 5.32 Å². The molecule has 2 nitrogen and oxygen atoms in total. The molecule has 1 N–H and O–H groups in total. The first-order valence-electron chi connectivity index (χ1n) is 5.85. The quantitative estimate of drug-likeness (QED) is 0.850. The lowest BCUT2D eigenvalue weighted by molar-refractivity contribution is 0.211. The Morgan fingerprint density at radius 1 is 1.50 bits per heavy atom. The summed E-state index contributed by atoms with van der Waals surface area (Å²) in [4.78, 5) is 0. The highest BCUT2D eigenvalue weighted by atomic mass is 19.1. The summed E-state index contributed by atoms with van der Waals surface area (Å²) < 4.78 is 18.9. The van der Waals surface area contributed by atoms with Crippen LogP contribution < -0.4 is 10.1 Å². The van der Waals surface area contributed by atoms with Gasteiger partial charge in [-0.3, -0.25) is 0 Å². The fourth-order valence-electron chi connectivity index (χ4n) is 2.00. The number of ether oxygens (including phenoxy) is 1. The van der Waals surface area contributed by atoms with Crippen LogP contribution in [-0.2, 0) is 0 Å². The fraction of sp³-hybridized carbons (Fsp3) is 0.538. The van der Waals surface area contributed by atoms with E-state index in [-0.39, 0.29) is 5.82 Å². The highest BCUT2D eigenvalue weighted by Gasteiger charge is 2.14. The van der Waals surface area contributed by atoms with Gasteiger partial charge in [0.25, 0.3) is 0 Å². The Bertz CT molecular complexity index is 348. The van der Waals surface area contributed by atoms with E-state index in [9.17, 15) is 4.39 Å². The van der Waals surface area contributed by atoms with E-state index in [1.807, 2.05) is 6.92 Å². The summed E-state index contributed by atoms with van der Waals surface area (Å²) >= 11 is 0. The maximum absolute atomic E-state index is 13.4. The molecule has 0 aromatic heterocycles. The predicted molar refractivity (Wildman–Crippen MR) is 62.2 cm³/mol. The summed E-state index contributed by atoms with van der Waals surface area (Å²) in [5.74, 6) is 0.619. The number of aryl methyl sites for hydroxylation is 1. The van der Waals surface area contributed by atoms with Crippen molar-refractivity contribution in [3.63, 3.8) is 0 Å². The zero-order valence-electron chi connectivity index (χ0n) is 9.63. The molecule has 1 atom stereocenters. The van der Waals surface area contributed by atoms with Gasteiger partial charge in [0.05, 0.1) is 6.61 Å². The molecule has 0 aliphatic carbocycles. The second-order valence-corrected chi connectivity index (χ2v) is 4.46. The van der Waals surface area contributed by atoms with Crippen LogP contribution in [0.2, 0.25) is 0 Å². The number of rotatable bonds is 3.